The highest BCUT2D eigenvalue weighted by atomic mass is 16.3. The Kier molecular flexibility index (Phi) is 5.99. The van der Waals surface area contributed by atoms with Crippen LogP contribution >= 0.6 is 0 Å². The minimum Gasteiger partial charge on any atom is -0.456 e. The number of hydrogen-bond donors (Lipinski definition) is 0. The summed E-state index contributed by atoms with van der Waals surface area (Å²) in [6.07, 6.45) is 4.07. The van der Waals surface area contributed by atoms with Crippen LogP contribution in [0.25, 0.3) is 55.3 Å². The van der Waals surface area contributed by atoms with Crippen LogP contribution in [0.2, 0.25) is 0 Å². The van der Waals surface area contributed by atoms with Crippen LogP contribution < -0.4 is 0 Å². The predicted octanol–water partition coefficient (Wildman–Crippen LogP) is 10.2. The summed E-state index contributed by atoms with van der Waals surface area (Å²) >= 11 is 0. The van der Waals surface area contributed by atoms with Gasteiger partial charge in [-0.15, -0.1) is 0 Å². The predicted molar refractivity (Wildman–Crippen MR) is 194 cm³/mol. The number of rotatable bonds is 6. The largest absolute Gasteiger partial charge is 0.456 e. The van der Waals surface area contributed by atoms with E-state index in [9.17, 15) is 0 Å². The summed E-state index contributed by atoms with van der Waals surface area (Å²) in [7, 11) is 0. The quantitative estimate of drug-likeness (QED) is 0.183. The van der Waals surface area contributed by atoms with E-state index in [2.05, 4.69) is 97.1 Å². The molecule has 6 aromatic carbocycles. The van der Waals surface area contributed by atoms with Gasteiger partial charge in [0.05, 0.1) is 22.8 Å². The molecule has 6 nitrogen and oxygen atoms in total. The van der Waals surface area contributed by atoms with Crippen molar-refractivity contribution in [2.45, 2.75) is 5.41 Å². The van der Waals surface area contributed by atoms with Crippen LogP contribution in [-0.4, -0.2) is 19.6 Å². The summed E-state index contributed by atoms with van der Waals surface area (Å²) in [6.45, 7) is 0. The van der Waals surface area contributed by atoms with Crippen molar-refractivity contribution < 1.29 is 8.83 Å². The summed E-state index contributed by atoms with van der Waals surface area (Å²) in [5, 5.41) is 14.9. The number of benzene rings is 6. The van der Waals surface area contributed by atoms with Crippen molar-refractivity contribution in [2.24, 2.45) is 0 Å². The summed E-state index contributed by atoms with van der Waals surface area (Å²) in [5.74, 6) is 0. The van der Waals surface area contributed by atoms with Crippen LogP contribution in [0.5, 0.6) is 0 Å². The fourth-order valence-electron chi connectivity index (χ4n) is 7.31. The van der Waals surface area contributed by atoms with E-state index in [1.54, 1.807) is 0 Å². The van der Waals surface area contributed by atoms with Gasteiger partial charge < -0.3 is 8.83 Å². The van der Waals surface area contributed by atoms with Gasteiger partial charge in [0.2, 0.25) is 0 Å². The Morgan fingerprint density at radius 1 is 0.388 bits per heavy atom. The topological polar surface area (TPSA) is 61.9 Å². The minimum atomic E-state index is -0.808. The number of furan rings is 2. The van der Waals surface area contributed by atoms with Gasteiger partial charge in [-0.2, -0.15) is 10.2 Å². The molecule has 0 spiro atoms. The number of para-hydroxylation sites is 2. The van der Waals surface area contributed by atoms with Gasteiger partial charge in [-0.3, -0.25) is 0 Å². The average Bonchev–Trinajstić information content (AvgIpc) is 3.98. The normalized spacial score (nSPS) is 12.1. The zero-order chi connectivity index (χ0) is 32.4. The van der Waals surface area contributed by atoms with Crippen molar-refractivity contribution in [2.75, 3.05) is 0 Å². The van der Waals surface area contributed by atoms with E-state index in [4.69, 9.17) is 19.0 Å². The molecule has 10 rings (SSSR count). The first-order valence-electron chi connectivity index (χ1n) is 16.3. The maximum atomic E-state index is 6.11. The summed E-state index contributed by atoms with van der Waals surface area (Å²) in [5.41, 5.74) is 8.42. The van der Waals surface area contributed by atoms with Gasteiger partial charge in [-0.1, -0.05) is 97.1 Å². The molecule has 49 heavy (non-hydrogen) atoms. The Morgan fingerprint density at radius 3 is 1.27 bits per heavy atom. The van der Waals surface area contributed by atoms with Gasteiger partial charge in [0.25, 0.3) is 0 Å². The van der Waals surface area contributed by atoms with Crippen molar-refractivity contribution in [3.05, 3.63) is 193 Å². The van der Waals surface area contributed by atoms with Gasteiger partial charge in [0.1, 0.15) is 27.7 Å². The molecule has 0 aliphatic carbocycles. The molecule has 0 atom stereocenters. The van der Waals surface area contributed by atoms with Crippen molar-refractivity contribution in [1.82, 2.24) is 19.6 Å². The molecule has 0 bridgehead atoms. The number of nitrogens with zero attached hydrogens (tertiary/aromatic N) is 4. The monoisotopic (exact) mass is 632 g/mol. The zero-order valence-electron chi connectivity index (χ0n) is 26.3. The molecular weight excluding hydrogens is 604 g/mol. The van der Waals surface area contributed by atoms with Crippen LogP contribution in [-0.2, 0) is 5.41 Å². The van der Waals surface area contributed by atoms with Crippen molar-refractivity contribution in [1.29, 1.82) is 0 Å². The summed E-state index contributed by atoms with van der Waals surface area (Å²) in [6, 6.07) is 54.0. The number of aromatic nitrogens is 4. The highest BCUT2D eigenvalue weighted by molar-refractivity contribution is 6.06. The van der Waals surface area contributed by atoms with E-state index in [0.29, 0.717) is 0 Å². The van der Waals surface area contributed by atoms with E-state index in [-0.39, 0.29) is 0 Å². The van der Waals surface area contributed by atoms with Crippen LogP contribution in [0.1, 0.15) is 22.5 Å². The highest BCUT2D eigenvalue weighted by Crippen LogP contribution is 2.44. The lowest BCUT2D eigenvalue weighted by atomic mass is 9.69. The molecule has 10 aromatic rings. The molecule has 0 fully saturated rings. The molecular formula is C43H28N4O2. The molecule has 232 valence electrons. The molecule has 0 saturated carbocycles. The Bertz CT molecular complexity index is 2590. The van der Waals surface area contributed by atoms with Crippen LogP contribution in [0.15, 0.2) is 179 Å². The maximum absolute atomic E-state index is 6.11. The van der Waals surface area contributed by atoms with E-state index >= 15 is 0 Å². The van der Waals surface area contributed by atoms with Gasteiger partial charge in [0, 0.05) is 33.9 Å². The molecule has 0 unspecified atom stereocenters. The Morgan fingerprint density at radius 2 is 0.796 bits per heavy atom. The first-order chi connectivity index (χ1) is 24.3. The second kappa shape index (κ2) is 10.7. The SMILES string of the molecule is c1ccc(C(c2ccccc2)(c2ccn(-c3ccc4oc5ccccc5c4c3)n2)c2ccn(-c3ccc4oc5ccccc5c4c3)n2)cc1. The molecule has 6 heteroatoms. The molecule has 0 amide bonds. The molecule has 0 radical (unpaired) electrons. The van der Waals surface area contributed by atoms with Crippen molar-refractivity contribution in [3.8, 4) is 11.4 Å². The lowest BCUT2D eigenvalue weighted by molar-refractivity contribution is 0.654. The molecule has 0 aliphatic heterocycles. The summed E-state index contributed by atoms with van der Waals surface area (Å²) < 4.78 is 16.1. The van der Waals surface area contributed by atoms with E-state index in [1.165, 1.54) is 0 Å². The standard InChI is InChI=1S/C43H28N4O2/c1-3-11-29(12-4-1)43(30-13-5-2-6-14-30,41-23-25-46(44-41)31-19-21-39-35(27-31)33-15-7-9-17-37(33)48-39)42-24-26-47(45-42)32-20-22-40-36(28-32)34-16-8-10-18-38(34)49-40/h1-28H. The third kappa shape index (κ3) is 4.21. The fourth-order valence-corrected chi connectivity index (χ4v) is 7.31. The molecule has 0 N–H and O–H groups in total. The van der Waals surface area contributed by atoms with Crippen molar-refractivity contribution >= 4 is 43.9 Å². The van der Waals surface area contributed by atoms with E-state index in [0.717, 1.165) is 77.8 Å². The first-order valence-corrected chi connectivity index (χ1v) is 16.3. The highest BCUT2D eigenvalue weighted by Gasteiger charge is 2.42. The lowest BCUT2D eigenvalue weighted by Crippen LogP contribution is -2.32. The Hall–Kier alpha value is -6.66. The second-order valence-corrected chi connectivity index (χ2v) is 12.3. The van der Waals surface area contributed by atoms with Gasteiger partial charge in [0.15, 0.2) is 0 Å². The lowest BCUT2D eigenvalue weighted by Gasteiger charge is -2.32. The summed E-state index contributed by atoms with van der Waals surface area (Å²) in [4.78, 5) is 0. The van der Waals surface area contributed by atoms with Crippen LogP contribution in [0, 0.1) is 0 Å². The first kappa shape index (κ1) is 27.5. The third-order valence-electron chi connectivity index (χ3n) is 9.61. The number of fused-ring (bicyclic) bond motifs is 6. The van der Waals surface area contributed by atoms with E-state index in [1.807, 2.05) is 82.4 Å². The van der Waals surface area contributed by atoms with Gasteiger partial charge in [-0.25, -0.2) is 9.36 Å². The minimum absolute atomic E-state index is 0.808. The zero-order valence-corrected chi connectivity index (χ0v) is 26.3. The third-order valence-corrected chi connectivity index (χ3v) is 9.61. The second-order valence-electron chi connectivity index (χ2n) is 12.3. The van der Waals surface area contributed by atoms with Gasteiger partial charge in [-0.05, 0) is 71.8 Å². The van der Waals surface area contributed by atoms with Crippen LogP contribution in [0.4, 0.5) is 0 Å². The fraction of sp³-hybridized carbons (Fsp3) is 0.0233. The van der Waals surface area contributed by atoms with E-state index < -0.39 is 5.41 Å². The molecule has 4 aromatic heterocycles. The van der Waals surface area contributed by atoms with Gasteiger partial charge >= 0.3 is 0 Å². The number of hydrogen-bond acceptors (Lipinski definition) is 4. The maximum Gasteiger partial charge on any atom is 0.135 e. The smallest absolute Gasteiger partial charge is 0.135 e. The average molecular weight is 633 g/mol. The molecule has 0 saturated heterocycles. The molecule has 4 heterocycles. The molecule has 0 aliphatic rings. The van der Waals surface area contributed by atoms with Crippen LogP contribution in [0.3, 0.4) is 0 Å². The Balaban J connectivity index is 1.16. The van der Waals surface area contributed by atoms with Crippen molar-refractivity contribution in [3.63, 3.8) is 0 Å². The Labute approximate surface area is 281 Å².